The first-order valence-corrected chi connectivity index (χ1v) is 8.16. The van der Waals surface area contributed by atoms with Crippen LogP contribution in [-0.4, -0.2) is 19.5 Å². The number of hydrogen-bond donors (Lipinski definition) is 0. The van der Waals surface area contributed by atoms with Gasteiger partial charge in [0, 0.05) is 18.6 Å². The molecule has 0 radical (unpaired) electrons. The van der Waals surface area contributed by atoms with Crippen molar-refractivity contribution in [3.8, 4) is 22.6 Å². The van der Waals surface area contributed by atoms with Gasteiger partial charge in [-0.2, -0.15) is 4.39 Å². The van der Waals surface area contributed by atoms with Crippen molar-refractivity contribution in [2.24, 2.45) is 0 Å². The van der Waals surface area contributed by atoms with Crippen molar-refractivity contribution in [1.29, 1.82) is 0 Å². The van der Waals surface area contributed by atoms with Crippen LogP contribution < -0.4 is 9.47 Å². The van der Waals surface area contributed by atoms with Gasteiger partial charge in [0.1, 0.15) is 5.75 Å². The zero-order valence-electron chi connectivity index (χ0n) is 13.8. The average Bonchev–Trinajstić information content (AvgIpc) is 2.60. The second kappa shape index (κ2) is 7.18. The van der Waals surface area contributed by atoms with Crippen molar-refractivity contribution in [2.45, 2.75) is 33.0 Å². The van der Waals surface area contributed by atoms with E-state index in [0.717, 1.165) is 0 Å². The summed E-state index contributed by atoms with van der Waals surface area (Å²) in [4.78, 5) is 0. The third-order valence-electron chi connectivity index (χ3n) is 3.97. The minimum Gasteiger partial charge on any atom is -0.494 e. The Morgan fingerprint density at radius 3 is 2.50 bits per heavy atom. The molecule has 1 aliphatic rings. The molecule has 0 spiro atoms. The molecule has 3 nitrogen and oxygen atoms in total. The highest BCUT2D eigenvalue weighted by atomic mass is 19.2. The van der Waals surface area contributed by atoms with Gasteiger partial charge in [0.15, 0.2) is 17.9 Å². The highest BCUT2D eigenvalue weighted by Crippen LogP contribution is 2.37. The summed E-state index contributed by atoms with van der Waals surface area (Å²) >= 11 is 0. The fourth-order valence-electron chi connectivity index (χ4n) is 2.85. The largest absolute Gasteiger partial charge is 0.494 e. The minimum absolute atomic E-state index is 0.0353. The summed E-state index contributed by atoms with van der Waals surface area (Å²) in [5.41, 5.74) is 1.49. The van der Waals surface area contributed by atoms with E-state index in [1.54, 1.807) is 30.3 Å². The summed E-state index contributed by atoms with van der Waals surface area (Å²) in [7, 11) is 0. The predicted octanol–water partition coefficient (Wildman–Crippen LogP) is 4.72. The molecule has 0 aromatic heterocycles. The summed E-state index contributed by atoms with van der Waals surface area (Å²) in [5.74, 6) is -1.20. The van der Waals surface area contributed by atoms with Crippen LogP contribution >= 0.6 is 0 Å². The smallest absolute Gasteiger partial charge is 0.201 e. The van der Waals surface area contributed by atoms with Crippen molar-refractivity contribution < 1.29 is 23.0 Å². The lowest BCUT2D eigenvalue weighted by molar-refractivity contribution is -0.0882. The van der Waals surface area contributed by atoms with Gasteiger partial charge in [0.25, 0.3) is 0 Å². The fourth-order valence-corrected chi connectivity index (χ4v) is 2.85. The van der Waals surface area contributed by atoms with Gasteiger partial charge in [-0.3, -0.25) is 0 Å². The van der Waals surface area contributed by atoms with E-state index in [1.165, 1.54) is 0 Å². The van der Waals surface area contributed by atoms with Crippen LogP contribution in [0.3, 0.4) is 0 Å². The zero-order chi connectivity index (χ0) is 17.1. The number of benzene rings is 2. The molecule has 128 valence electrons. The van der Waals surface area contributed by atoms with Crippen molar-refractivity contribution in [1.82, 2.24) is 0 Å². The van der Waals surface area contributed by atoms with Crippen LogP contribution in [0.5, 0.6) is 11.5 Å². The van der Waals surface area contributed by atoms with Gasteiger partial charge >= 0.3 is 0 Å². The van der Waals surface area contributed by atoms with E-state index < -0.39 is 17.9 Å². The summed E-state index contributed by atoms with van der Waals surface area (Å²) < 4.78 is 45.2. The topological polar surface area (TPSA) is 27.7 Å². The molecule has 0 amide bonds. The molecule has 1 unspecified atom stereocenters. The Kier molecular flexibility index (Phi) is 5.00. The molecule has 0 saturated carbocycles. The Labute approximate surface area is 140 Å². The molecule has 3 rings (SSSR count). The maximum absolute atomic E-state index is 14.5. The van der Waals surface area contributed by atoms with Crippen LogP contribution in [0.2, 0.25) is 0 Å². The second-order valence-electron chi connectivity index (χ2n) is 5.54. The third kappa shape index (κ3) is 3.22. The van der Waals surface area contributed by atoms with Gasteiger partial charge in [-0.25, -0.2) is 4.39 Å². The number of fused-ring (bicyclic) bond motifs is 1. The molecule has 0 fully saturated rings. The molecule has 2 aromatic carbocycles. The summed E-state index contributed by atoms with van der Waals surface area (Å²) in [6, 6.07) is 8.60. The number of rotatable bonds is 5. The van der Waals surface area contributed by atoms with Crippen LogP contribution in [0.4, 0.5) is 8.78 Å². The maximum atomic E-state index is 14.5. The SMILES string of the molecule is CCOc1ccc(-c2cc3c(c(F)c2F)OC(OCC)CC3)cc1. The van der Waals surface area contributed by atoms with Gasteiger partial charge < -0.3 is 14.2 Å². The predicted molar refractivity (Wildman–Crippen MR) is 87.3 cm³/mol. The fraction of sp³-hybridized carbons (Fsp3) is 0.368. The molecule has 1 heterocycles. The molecule has 0 aliphatic carbocycles. The lowest BCUT2D eigenvalue weighted by atomic mass is 9.97. The number of aryl methyl sites for hydroxylation is 1. The molecule has 2 aromatic rings. The van der Waals surface area contributed by atoms with E-state index >= 15 is 0 Å². The standard InChI is InChI=1S/C19H20F2O3/c1-3-22-14-8-5-12(6-9-14)15-11-13-7-10-16(23-4-2)24-19(13)18(21)17(15)20/h5-6,8-9,11,16H,3-4,7,10H2,1-2H3. The third-order valence-corrected chi connectivity index (χ3v) is 3.97. The molecule has 1 atom stereocenters. The van der Waals surface area contributed by atoms with Crippen molar-refractivity contribution in [3.63, 3.8) is 0 Å². The Hall–Kier alpha value is -2.14. The van der Waals surface area contributed by atoms with E-state index in [2.05, 4.69) is 0 Å². The summed E-state index contributed by atoms with van der Waals surface area (Å²) in [6.07, 6.45) is 0.684. The van der Waals surface area contributed by atoms with Crippen molar-refractivity contribution in [3.05, 3.63) is 47.5 Å². The van der Waals surface area contributed by atoms with Crippen molar-refractivity contribution in [2.75, 3.05) is 13.2 Å². The normalized spacial score (nSPS) is 16.4. The van der Waals surface area contributed by atoms with Crippen LogP contribution in [0, 0.1) is 11.6 Å². The molecule has 0 saturated heterocycles. The van der Waals surface area contributed by atoms with E-state index in [0.29, 0.717) is 42.9 Å². The maximum Gasteiger partial charge on any atom is 0.201 e. The second-order valence-corrected chi connectivity index (χ2v) is 5.54. The van der Waals surface area contributed by atoms with Gasteiger partial charge in [0.05, 0.1) is 6.61 Å². The number of hydrogen-bond acceptors (Lipinski definition) is 3. The lowest BCUT2D eigenvalue weighted by Gasteiger charge is -2.26. The molecule has 1 aliphatic heterocycles. The van der Waals surface area contributed by atoms with E-state index in [1.807, 2.05) is 13.8 Å². The molecule has 0 bridgehead atoms. The monoisotopic (exact) mass is 334 g/mol. The Balaban J connectivity index is 1.95. The first-order valence-electron chi connectivity index (χ1n) is 8.16. The Bertz CT molecular complexity index is 714. The highest BCUT2D eigenvalue weighted by Gasteiger charge is 2.27. The summed E-state index contributed by atoms with van der Waals surface area (Å²) in [5, 5.41) is 0. The average molecular weight is 334 g/mol. The lowest BCUT2D eigenvalue weighted by Crippen LogP contribution is -2.26. The number of halogens is 2. The van der Waals surface area contributed by atoms with Gasteiger partial charge in [-0.05, 0) is 49.6 Å². The zero-order valence-corrected chi connectivity index (χ0v) is 13.8. The first-order chi connectivity index (χ1) is 11.6. The van der Waals surface area contributed by atoms with E-state index in [9.17, 15) is 8.78 Å². The minimum atomic E-state index is -0.958. The molecular formula is C19H20F2O3. The van der Waals surface area contributed by atoms with E-state index in [4.69, 9.17) is 14.2 Å². The molecular weight excluding hydrogens is 314 g/mol. The first kappa shape index (κ1) is 16.7. The Morgan fingerprint density at radius 1 is 1.08 bits per heavy atom. The van der Waals surface area contributed by atoms with Crippen LogP contribution in [-0.2, 0) is 11.2 Å². The molecule has 0 N–H and O–H groups in total. The molecule has 24 heavy (non-hydrogen) atoms. The van der Waals surface area contributed by atoms with Gasteiger partial charge in [0.2, 0.25) is 5.82 Å². The Morgan fingerprint density at radius 2 is 1.83 bits per heavy atom. The summed E-state index contributed by atoms with van der Waals surface area (Å²) in [6.45, 7) is 4.75. The van der Waals surface area contributed by atoms with Gasteiger partial charge in [-0.1, -0.05) is 12.1 Å². The quantitative estimate of drug-likeness (QED) is 0.792. The van der Waals surface area contributed by atoms with E-state index in [-0.39, 0.29) is 11.3 Å². The van der Waals surface area contributed by atoms with Crippen LogP contribution in [0.15, 0.2) is 30.3 Å². The molecule has 5 heteroatoms. The number of ether oxygens (including phenoxy) is 3. The van der Waals surface area contributed by atoms with Gasteiger partial charge in [-0.15, -0.1) is 0 Å². The van der Waals surface area contributed by atoms with Crippen LogP contribution in [0.1, 0.15) is 25.8 Å². The highest BCUT2D eigenvalue weighted by molar-refractivity contribution is 5.67. The van der Waals surface area contributed by atoms with Crippen LogP contribution in [0.25, 0.3) is 11.1 Å². The van der Waals surface area contributed by atoms with Crippen molar-refractivity contribution >= 4 is 0 Å².